The maximum Gasteiger partial charge on any atom is 0.341 e. The summed E-state index contributed by atoms with van der Waals surface area (Å²) in [6.07, 6.45) is 11.7. The summed E-state index contributed by atoms with van der Waals surface area (Å²) in [6.45, 7) is 3.66. The lowest BCUT2D eigenvalue weighted by Gasteiger charge is -2.23. The van der Waals surface area contributed by atoms with Gasteiger partial charge in [0.15, 0.2) is 5.78 Å². The molecule has 3 heteroatoms. The van der Waals surface area contributed by atoms with Crippen LogP contribution in [0.5, 0.6) is 0 Å². The molecule has 0 amide bonds. The molecule has 112 valence electrons. The molecule has 0 N–H and O–H groups in total. The van der Waals surface area contributed by atoms with E-state index in [0.717, 1.165) is 38.5 Å². The third-order valence-electron chi connectivity index (χ3n) is 4.61. The number of hydrogen-bond donors (Lipinski definition) is 0. The van der Waals surface area contributed by atoms with Crippen molar-refractivity contribution in [1.29, 1.82) is 0 Å². The van der Waals surface area contributed by atoms with E-state index >= 15 is 0 Å². The fourth-order valence-electron chi connectivity index (χ4n) is 3.30. The zero-order valence-corrected chi connectivity index (χ0v) is 12.4. The van der Waals surface area contributed by atoms with Gasteiger partial charge in [0.05, 0.1) is 5.57 Å². The van der Waals surface area contributed by atoms with Gasteiger partial charge in [-0.3, -0.25) is 4.79 Å². The van der Waals surface area contributed by atoms with Gasteiger partial charge < -0.3 is 4.74 Å². The largest absolute Gasteiger partial charge is 0.459 e. The minimum Gasteiger partial charge on any atom is -0.459 e. The van der Waals surface area contributed by atoms with E-state index < -0.39 is 5.97 Å². The molecule has 2 aliphatic carbocycles. The number of hydrogen-bond acceptors (Lipinski definition) is 3. The predicted molar refractivity (Wildman–Crippen MR) is 78.3 cm³/mol. The first-order valence-corrected chi connectivity index (χ1v) is 8.10. The normalized spacial score (nSPS) is 21.4. The number of carbonyl (C=O) groups is 2. The Morgan fingerprint density at radius 3 is 2.05 bits per heavy atom. The van der Waals surface area contributed by atoms with Crippen LogP contribution in [0.1, 0.15) is 70.6 Å². The summed E-state index contributed by atoms with van der Waals surface area (Å²) in [4.78, 5) is 24.0. The predicted octanol–water partition coefficient (Wildman–Crippen LogP) is 3.96. The van der Waals surface area contributed by atoms with Crippen molar-refractivity contribution in [3.63, 3.8) is 0 Å². The van der Waals surface area contributed by atoms with Gasteiger partial charge in [0, 0.05) is 6.42 Å². The zero-order valence-electron chi connectivity index (χ0n) is 12.4. The van der Waals surface area contributed by atoms with E-state index in [9.17, 15) is 9.59 Å². The first-order chi connectivity index (χ1) is 9.66. The van der Waals surface area contributed by atoms with Gasteiger partial charge in [0.1, 0.15) is 6.10 Å². The van der Waals surface area contributed by atoms with E-state index in [1.807, 2.05) is 0 Å². The summed E-state index contributed by atoms with van der Waals surface area (Å²) in [5, 5.41) is 0. The van der Waals surface area contributed by atoms with Crippen LogP contribution in [0.15, 0.2) is 12.2 Å². The van der Waals surface area contributed by atoms with Gasteiger partial charge in [-0.2, -0.15) is 0 Å². The Morgan fingerprint density at radius 2 is 1.45 bits per heavy atom. The van der Waals surface area contributed by atoms with Crippen molar-refractivity contribution in [1.82, 2.24) is 0 Å². The topological polar surface area (TPSA) is 43.4 Å². The lowest BCUT2D eigenvalue weighted by Crippen LogP contribution is -2.25. The monoisotopic (exact) mass is 278 g/mol. The van der Waals surface area contributed by atoms with Crippen molar-refractivity contribution >= 4 is 11.8 Å². The van der Waals surface area contributed by atoms with Gasteiger partial charge >= 0.3 is 5.97 Å². The third-order valence-corrected chi connectivity index (χ3v) is 4.61. The second-order valence-corrected chi connectivity index (χ2v) is 6.28. The summed E-state index contributed by atoms with van der Waals surface area (Å²) in [6, 6.07) is 0. The molecule has 2 fully saturated rings. The Hall–Kier alpha value is -1.12. The van der Waals surface area contributed by atoms with Crippen LogP contribution in [0.3, 0.4) is 0 Å². The summed E-state index contributed by atoms with van der Waals surface area (Å²) < 4.78 is 5.40. The SMILES string of the molecule is C=C(C(=O)CC1CCCCC1)C(=O)OC1CCCCC1. The van der Waals surface area contributed by atoms with Crippen LogP contribution in [0, 0.1) is 5.92 Å². The molecule has 0 atom stereocenters. The van der Waals surface area contributed by atoms with Gasteiger partial charge in [0.2, 0.25) is 0 Å². The van der Waals surface area contributed by atoms with Crippen LogP contribution in [-0.2, 0) is 14.3 Å². The fourth-order valence-corrected chi connectivity index (χ4v) is 3.30. The van der Waals surface area contributed by atoms with Crippen molar-refractivity contribution in [2.24, 2.45) is 5.92 Å². The van der Waals surface area contributed by atoms with Crippen molar-refractivity contribution < 1.29 is 14.3 Å². The van der Waals surface area contributed by atoms with Gasteiger partial charge in [-0.25, -0.2) is 4.79 Å². The van der Waals surface area contributed by atoms with Crippen molar-refractivity contribution in [3.8, 4) is 0 Å². The molecule has 0 aromatic heterocycles. The lowest BCUT2D eigenvalue weighted by atomic mass is 9.85. The molecule has 2 rings (SSSR count). The maximum absolute atomic E-state index is 12.1. The molecular formula is C17H26O3. The van der Waals surface area contributed by atoms with Crippen LogP contribution in [0.2, 0.25) is 0 Å². The van der Waals surface area contributed by atoms with Gasteiger partial charge in [0.25, 0.3) is 0 Å². The van der Waals surface area contributed by atoms with Gasteiger partial charge in [-0.05, 0) is 31.6 Å². The highest BCUT2D eigenvalue weighted by Gasteiger charge is 2.25. The third kappa shape index (κ3) is 4.46. The molecule has 2 aliphatic rings. The molecule has 0 heterocycles. The maximum atomic E-state index is 12.1. The standard InChI is InChI=1S/C17H26O3/c1-13(16(18)12-14-8-4-2-5-9-14)17(19)20-15-10-6-3-7-11-15/h14-15H,1-12H2. The molecule has 0 aromatic carbocycles. The summed E-state index contributed by atoms with van der Waals surface area (Å²) in [7, 11) is 0. The van der Waals surface area contributed by atoms with Crippen LogP contribution in [0.4, 0.5) is 0 Å². The summed E-state index contributed by atoms with van der Waals surface area (Å²) >= 11 is 0. The first kappa shape index (κ1) is 15.3. The second kappa shape index (κ2) is 7.61. The van der Waals surface area contributed by atoms with Crippen LogP contribution in [0.25, 0.3) is 0 Å². The Balaban J connectivity index is 1.76. The molecular weight excluding hydrogens is 252 g/mol. The Morgan fingerprint density at radius 1 is 0.900 bits per heavy atom. The van der Waals surface area contributed by atoms with E-state index in [0.29, 0.717) is 12.3 Å². The fraction of sp³-hybridized carbons (Fsp3) is 0.765. The van der Waals surface area contributed by atoms with E-state index in [1.165, 1.54) is 25.7 Å². The Bertz CT molecular complexity index is 326. The first-order valence-electron chi connectivity index (χ1n) is 8.10. The molecule has 0 aliphatic heterocycles. The Kier molecular flexibility index (Phi) is 5.81. The average Bonchev–Trinajstić information content (AvgIpc) is 2.48. The number of rotatable bonds is 5. The summed E-state index contributed by atoms with van der Waals surface area (Å²) in [5.74, 6) is -0.161. The molecule has 2 saturated carbocycles. The van der Waals surface area contributed by atoms with E-state index in [-0.39, 0.29) is 17.5 Å². The van der Waals surface area contributed by atoms with Crippen LogP contribution in [-0.4, -0.2) is 17.9 Å². The molecule has 0 spiro atoms. The minimum absolute atomic E-state index is 0.00418. The highest BCUT2D eigenvalue weighted by atomic mass is 16.5. The molecule has 20 heavy (non-hydrogen) atoms. The molecule has 0 saturated heterocycles. The van der Waals surface area contributed by atoms with Gasteiger partial charge in [-0.15, -0.1) is 0 Å². The minimum atomic E-state index is -0.488. The highest BCUT2D eigenvalue weighted by molar-refractivity contribution is 6.16. The zero-order chi connectivity index (χ0) is 14.4. The molecule has 3 nitrogen and oxygen atoms in total. The van der Waals surface area contributed by atoms with E-state index in [1.54, 1.807) is 0 Å². The molecule has 0 bridgehead atoms. The van der Waals surface area contributed by atoms with Gasteiger partial charge in [-0.1, -0.05) is 45.1 Å². The van der Waals surface area contributed by atoms with Crippen LogP contribution >= 0.6 is 0 Å². The summed E-state index contributed by atoms with van der Waals surface area (Å²) in [5.41, 5.74) is 0.0566. The Labute approximate surface area is 121 Å². The average molecular weight is 278 g/mol. The number of ether oxygens (including phenoxy) is 1. The smallest absolute Gasteiger partial charge is 0.341 e. The highest BCUT2D eigenvalue weighted by Crippen LogP contribution is 2.27. The van der Waals surface area contributed by atoms with Crippen LogP contribution < -0.4 is 0 Å². The van der Waals surface area contributed by atoms with E-state index in [2.05, 4.69) is 6.58 Å². The van der Waals surface area contributed by atoms with Crippen molar-refractivity contribution in [2.75, 3.05) is 0 Å². The van der Waals surface area contributed by atoms with E-state index in [4.69, 9.17) is 4.74 Å². The number of carbonyl (C=O) groups excluding carboxylic acids is 2. The van der Waals surface area contributed by atoms with Crippen molar-refractivity contribution in [3.05, 3.63) is 12.2 Å². The lowest BCUT2D eigenvalue weighted by molar-refractivity contribution is -0.146. The number of Topliss-reactive ketones (excluding diaryl/α,β-unsaturated/α-hetero) is 1. The van der Waals surface area contributed by atoms with Crippen molar-refractivity contribution in [2.45, 2.75) is 76.7 Å². The molecule has 0 unspecified atom stereocenters. The molecule has 0 radical (unpaired) electrons. The second-order valence-electron chi connectivity index (χ2n) is 6.28. The number of esters is 1. The molecule has 0 aromatic rings. The number of ketones is 1. The quantitative estimate of drug-likeness (QED) is 0.331.